The number of carboxylic acid groups (broad SMARTS) is 1. The summed E-state index contributed by atoms with van der Waals surface area (Å²) in [4.78, 5) is 51.8. The summed E-state index contributed by atoms with van der Waals surface area (Å²) in [5, 5.41) is 24.5. The van der Waals surface area contributed by atoms with Crippen LogP contribution in [-0.4, -0.2) is 75.6 Å². The van der Waals surface area contributed by atoms with Crippen molar-refractivity contribution in [2.45, 2.75) is 76.7 Å². The molecule has 5 atom stereocenters. The van der Waals surface area contributed by atoms with E-state index in [1.807, 2.05) is 19.9 Å². The average Bonchev–Trinajstić information content (AvgIpc) is 3.27. The normalized spacial score (nSPS) is 19.2. The zero-order valence-corrected chi connectivity index (χ0v) is 19.9. The Balaban J connectivity index is 2.11. The zero-order valence-electron chi connectivity index (χ0n) is 19.9. The highest BCUT2D eigenvalue weighted by Gasteiger charge is 2.38. The fraction of sp³-hybridized carbons (Fsp3) is 0.583. The molecule has 1 saturated heterocycles. The van der Waals surface area contributed by atoms with Crippen LogP contribution in [0.15, 0.2) is 30.3 Å². The van der Waals surface area contributed by atoms with Gasteiger partial charge in [-0.2, -0.15) is 0 Å². The van der Waals surface area contributed by atoms with E-state index >= 15 is 0 Å². The SMILES string of the molecule is CC(C)C[C@H](NC(=O)[C@@H]1CCCN1C(=O)[C@@H](N)[C@@H](C)O)C(=O)N[C@@H](Cc1ccccc1)C(=O)O. The minimum Gasteiger partial charge on any atom is -0.480 e. The number of hydrogen-bond acceptors (Lipinski definition) is 6. The molecule has 1 aromatic rings. The van der Waals surface area contributed by atoms with Crippen molar-refractivity contribution in [3.63, 3.8) is 0 Å². The Bertz CT molecular complexity index is 860. The Kier molecular flexibility index (Phi) is 10.0. The lowest BCUT2D eigenvalue weighted by molar-refractivity contribution is -0.143. The third kappa shape index (κ3) is 7.53. The van der Waals surface area contributed by atoms with E-state index < -0.39 is 54.0 Å². The van der Waals surface area contributed by atoms with E-state index in [0.717, 1.165) is 5.56 Å². The van der Waals surface area contributed by atoms with Gasteiger partial charge < -0.3 is 31.5 Å². The van der Waals surface area contributed by atoms with Crippen molar-refractivity contribution in [1.82, 2.24) is 15.5 Å². The van der Waals surface area contributed by atoms with Gasteiger partial charge in [-0.1, -0.05) is 44.2 Å². The minimum absolute atomic E-state index is 0.0402. The van der Waals surface area contributed by atoms with Gasteiger partial charge in [0, 0.05) is 13.0 Å². The van der Waals surface area contributed by atoms with Crippen LogP contribution in [0.1, 0.15) is 45.6 Å². The van der Waals surface area contributed by atoms with Gasteiger partial charge in [-0.3, -0.25) is 14.4 Å². The number of nitrogens with zero attached hydrogens (tertiary/aromatic N) is 1. The van der Waals surface area contributed by atoms with E-state index in [4.69, 9.17) is 5.73 Å². The summed E-state index contributed by atoms with van der Waals surface area (Å²) in [5.74, 6) is -2.75. The Morgan fingerprint density at radius 2 is 1.74 bits per heavy atom. The molecule has 6 N–H and O–H groups in total. The summed E-state index contributed by atoms with van der Waals surface area (Å²) in [6.07, 6.45) is 0.338. The minimum atomic E-state index is -1.17. The van der Waals surface area contributed by atoms with Crippen LogP contribution in [0.25, 0.3) is 0 Å². The predicted molar refractivity (Wildman–Crippen MR) is 125 cm³/mol. The van der Waals surface area contributed by atoms with Gasteiger partial charge in [0.25, 0.3) is 0 Å². The molecule has 2 rings (SSSR count). The predicted octanol–water partition coefficient (Wildman–Crippen LogP) is 0.0285. The molecular formula is C24H36N4O6. The molecule has 0 saturated carbocycles. The first-order chi connectivity index (χ1) is 16.0. The molecular weight excluding hydrogens is 440 g/mol. The zero-order chi connectivity index (χ0) is 25.4. The lowest BCUT2D eigenvalue weighted by atomic mass is 10.0. The second-order valence-corrected chi connectivity index (χ2v) is 9.24. The molecule has 1 aromatic carbocycles. The molecule has 10 nitrogen and oxygen atoms in total. The number of nitrogens with one attached hydrogen (secondary N) is 2. The van der Waals surface area contributed by atoms with Crippen LogP contribution in [0.3, 0.4) is 0 Å². The second kappa shape index (κ2) is 12.5. The molecule has 0 unspecified atom stereocenters. The maximum Gasteiger partial charge on any atom is 0.326 e. The van der Waals surface area contributed by atoms with Gasteiger partial charge in [-0.15, -0.1) is 0 Å². The molecule has 1 heterocycles. The second-order valence-electron chi connectivity index (χ2n) is 9.24. The largest absolute Gasteiger partial charge is 0.480 e. The third-order valence-corrected chi connectivity index (χ3v) is 5.88. The van der Waals surface area contributed by atoms with Crippen LogP contribution < -0.4 is 16.4 Å². The Morgan fingerprint density at radius 1 is 1.09 bits per heavy atom. The summed E-state index contributed by atoms with van der Waals surface area (Å²) in [5.41, 5.74) is 6.53. The number of carboxylic acids is 1. The lowest BCUT2D eigenvalue weighted by Gasteiger charge is -2.29. The topological polar surface area (TPSA) is 162 Å². The fourth-order valence-electron chi connectivity index (χ4n) is 3.99. The number of benzene rings is 1. The maximum atomic E-state index is 13.1. The van der Waals surface area contributed by atoms with Gasteiger partial charge in [0.05, 0.1) is 6.10 Å². The number of carbonyl (C=O) groups is 4. The van der Waals surface area contributed by atoms with Crippen molar-refractivity contribution in [3.8, 4) is 0 Å². The van der Waals surface area contributed by atoms with Gasteiger partial charge in [-0.05, 0) is 37.7 Å². The van der Waals surface area contributed by atoms with E-state index in [0.29, 0.717) is 25.8 Å². The average molecular weight is 477 g/mol. The standard InChI is InChI=1S/C24H36N4O6/c1-14(2)12-17(21(30)27-18(24(33)34)13-16-8-5-4-6-9-16)26-22(31)19-10-7-11-28(19)23(32)20(25)15(3)29/h4-6,8-9,14-15,17-20,29H,7,10-13,25H2,1-3H3,(H,26,31)(H,27,30)(H,33,34)/t15-,17+,18+,19+,20+/m1/s1. The monoisotopic (exact) mass is 476 g/mol. The summed E-state index contributed by atoms with van der Waals surface area (Å²) in [6.45, 7) is 5.51. The first-order valence-corrected chi connectivity index (χ1v) is 11.6. The van der Waals surface area contributed by atoms with Gasteiger partial charge in [0.2, 0.25) is 17.7 Å². The number of aliphatic carboxylic acids is 1. The van der Waals surface area contributed by atoms with Gasteiger partial charge in [-0.25, -0.2) is 4.79 Å². The summed E-state index contributed by atoms with van der Waals surface area (Å²) in [6, 6.07) is 4.88. The number of hydrogen-bond donors (Lipinski definition) is 5. The van der Waals surface area contributed by atoms with Crippen molar-refractivity contribution < 1.29 is 29.4 Å². The number of likely N-dealkylation sites (tertiary alicyclic amines) is 1. The molecule has 0 aromatic heterocycles. The number of nitrogens with two attached hydrogens (primary N) is 1. The van der Waals surface area contributed by atoms with Crippen LogP contribution >= 0.6 is 0 Å². The van der Waals surface area contributed by atoms with Crippen LogP contribution in [0.2, 0.25) is 0 Å². The molecule has 0 radical (unpaired) electrons. The van der Waals surface area contributed by atoms with E-state index in [1.165, 1.54) is 11.8 Å². The molecule has 3 amide bonds. The van der Waals surface area contributed by atoms with Crippen LogP contribution in [0.4, 0.5) is 0 Å². The molecule has 1 fully saturated rings. The van der Waals surface area contributed by atoms with E-state index in [9.17, 15) is 29.4 Å². The lowest BCUT2D eigenvalue weighted by Crippen LogP contribution is -2.58. The van der Waals surface area contributed by atoms with E-state index in [-0.39, 0.29) is 12.3 Å². The Morgan fingerprint density at radius 3 is 2.29 bits per heavy atom. The number of carbonyl (C=O) groups excluding carboxylic acids is 3. The molecule has 1 aliphatic heterocycles. The highest BCUT2D eigenvalue weighted by atomic mass is 16.4. The van der Waals surface area contributed by atoms with E-state index in [2.05, 4.69) is 10.6 Å². The number of rotatable bonds is 11. The van der Waals surface area contributed by atoms with Crippen LogP contribution in [0, 0.1) is 5.92 Å². The highest BCUT2D eigenvalue weighted by Crippen LogP contribution is 2.20. The molecule has 0 aliphatic carbocycles. The molecule has 34 heavy (non-hydrogen) atoms. The van der Waals surface area contributed by atoms with Crippen molar-refractivity contribution in [3.05, 3.63) is 35.9 Å². The molecule has 1 aliphatic rings. The van der Waals surface area contributed by atoms with Crippen molar-refractivity contribution >= 4 is 23.7 Å². The summed E-state index contributed by atoms with van der Waals surface area (Å²) >= 11 is 0. The third-order valence-electron chi connectivity index (χ3n) is 5.88. The smallest absolute Gasteiger partial charge is 0.326 e. The van der Waals surface area contributed by atoms with Gasteiger partial charge >= 0.3 is 5.97 Å². The summed E-state index contributed by atoms with van der Waals surface area (Å²) in [7, 11) is 0. The fourth-order valence-corrected chi connectivity index (χ4v) is 3.99. The summed E-state index contributed by atoms with van der Waals surface area (Å²) < 4.78 is 0. The van der Waals surface area contributed by atoms with Crippen molar-refractivity contribution in [2.75, 3.05) is 6.54 Å². The maximum absolute atomic E-state index is 13.1. The Labute approximate surface area is 199 Å². The van der Waals surface area contributed by atoms with Crippen LogP contribution in [0.5, 0.6) is 0 Å². The Hall–Kier alpha value is -2.98. The number of aliphatic hydroxyl groups excluding tert-OH is 1. The number of aliphatic hydroxyl groups is 1. The van der Waals surface area contributed by atoms with Gasteiger partial charge in [0.1, 0.15) is 24.2 Å². The van der Waals surface area contributed by atoms with E-state index in [1.54, 1.807) is 24.3 Å². The highest BCUT2D eigenvalue weighted by molar-refractivity contribution is 5.94. The molecule has 0 bridgehead atoms. The van der Waals surface area contributed by atoms with Crippen molar-refractivity contribution in [2.24, 2.45) is 11.7 Å². The first kappa shape index (κ1) is 27.3. The molecule has 0 spiro atoms. The molecule has 188 valence electrons. The van der Waals surface area contributed by atoms with Crippen LogP contribution in [-0.2, 0) is 25.6 Å². The van der Waals surface area contributed by atoms with Crippen molar-refractivity contribution in [1.29, 1.82) is 0 Å². The van der Waals surface area contributed by atoms with Gasteiger partial charge in [0.15, 0.2) is 0 Å². The molecule has 10 heteroatoms. The quantitative estimate of drug-likeness (QED) is 0.301. The first-order valence-electron chi connectivity index (χ1n) is 11.6. The number of amides is 3.